The van der Waals surface area contributed by atoms with E-state index in [1.807, 2.05) is 12.2 Å². The van der Waals surface area contributed by atoms with Gasteiger partial charge in [-0.25, -0.2) is 8.42 Å². The van der Waals surface area contributed by atoms with Gasteiger partial charge < -0.3 is 5.32 Å². The summed E-state index contributed by atoms with van der Waals surface area (Å²) in [5.41, 5.74) is 0.770. The first kappa shape index (κ1) is 20.3. The molecule has 0 spiro atoms. The minimum atomic E-state index is -3.27. The molecule has 1 aliphatic carbocycles. The van der Waals surface area contributed by atoms with Gasteiger partial charge in [-0.3, -0.25) is 19.3 Å². The van der Waals surface area contributed by atoms with Gasteiger partial charge in [-0.1, -0.05) is 24.3 Å². The SMILES string of the molecule is CC(NC(=O)CCN1C(=O)C2CC=CCC2C1=O)c1ccc(S(C)(=O)=O)cc1. The van der Waals surface area contributed by atoms with Crippen LogP contribution >= 0.6 is 0 Å². The summed E-state index contributed by atoms with van der Waals surface area (Å²) in [6.45, 7) is 1.87. The van der Waals surface area contributed by atoms with Crippen molar-refractivity contribution in [2.24, 2.45) is 11.8 Å². The molecule has 1 aromatic rings. The quantitative estimate of drug-likeness (QED) is 0.573. The van der Waals surface area contributed by atoms with Crippen LogP contribution in [0, 0.1) is 11.8 Å². The summed E-state index contributed by atoms with van der Waals surface area (Å²) in [5, 5.41) is 2.82. The average molecular weight is 404 g/mol. The van der Waals surface area contributed by atoms with Crippen molar-refractivity contribution in [3.63, 3.8) is 0 Å². The van der Waals surface area contributed by atoms with Crippen LogP contribution in [0.2, 0.25) is 0 Å². The number of nitrogens with one attached hydrogen (secondary N) is 1. The number of sulfone groups is 1. The Balaban J connectivity index is 1.54. The van der Waals surface area contributed by atoms with Gasteiger partial charge in [0.1, 0.15) is 0 Å². The molecule has 150 valence electrons. The molecular weight excluding hydrogens is 380 g/mol. The molecule has 3 amide bonds. The van der Waals surface area contributed by atoms with E-state index in [-0.39, 0.29) is 53.5 Å². The van der Waals surface area contributed by atoms with Gasteiger partial charge in [-0.05, 0) is 37.5 Å². The molecule has 7 nitrogen and oxygen atoms in total. The van der Waals surface area contributed by atoms with Gasteiger partial charge in [-0.2, -0.15) is 0 Å². The van der Waals surface area contributed by atoms with Crippen LogP contribution in [0.15, 0.2) is 41.3 Å². The highest BCUT2D eigenvalue weighted by Gasteiger charge is 2.46. The van der Waals surface area contributed by atoms with Crippen molar-refractivity contribution >= 4 is 27.6 Å². The Morgan fingerprint density at radius 3 is 2.14 bits per heavy atom. The Bertz CT molecular complexity index is 894. The number of nitrogens with zero attached hydrogens (tertiary/aromatic N) is 1. The fourth-order valence-electron chi connectivity index (χ4n) is 3.70. The summed E-state index contributed by atoms with van der Waals surface area (Å²) in [7, 11) is -3.27. The molecule has 0 bridgehead atoms. The van der Waals surface area contributed by atoms with Crippen LogP contribution in [0.25, 0.3) is 0 Å². The molecule has 3 unspecified atom stereocenters. The summed E-state index contributed by atoms with van der Waals surface area (Å²) >= 11 is 0. The van der Waals surface area contributed by atoms with Gasteiger partial charge in [0.25, 0.3) is 0 Å². The molecule has 1 aromatic carbocycles. The molecule has 2 aliphatic rings. The lowest BCUT2D eigenvalue weighted by Gasteiger charge is -2.17. The summed E-state index contributed by atoms with van der Waals surface area (Å²) in [6.07, 6.45) is 6.20. The van der Waals surface area contributed by atoms with Crippen LogP contribution < -0.4 is 5.32 Å². The Kier molecular flexibility index (Phi) is 5.69. The molecule has 1 saturated heterocycles. The van der Waals surface area contributed by atoms with Crippen molar-refractivity contribution < 1.29 is 22.8 Å². The number of amides is 3. The summed E-state index contributed by atoms with van der Waals surface area (Å²) in [6, 6.07) is 6.01. The molecule has 3 atom stereocenters. The molecule has 1 heterocycles. The number of allylic oxidation sites excluding steroid dienone is 2. The first-order valence-electron chi connectivity index (χ1n) is 9.28. The summed E-state index contributed by atoms with van der Waals surface area (Å²) in [4.78, 5) is 38.5. The Labute approximate surface area is 164 Å². The highest BCUT2D eigenvalue weighted by Crippen LogP contribution is 2.35. The average Bonchev–Trinajstić information content (AvgIpc) is 2.90. The van der Waals surface area contributed by atoms with E-state index in [2.05, 4.69) is 5.32 Å². The van der Waals surface area contributed by atoms with Crippen LogP contribution in [-0.2, 0) is 24.2 Å². The number of benzene rings is 1. The third-order valence-electron chi connectivity index (χ3n) is 5.35. The number of hydrogen-bond donors (Lipinski definition) is 1. The lowest BCUT2D eigenvalue weighted by molar-refractivity contribution is -0.140. The van der Waals surface area contributed by atoms with E-state index in [9.17, 15) is 22.8 Å². The minimum absolute atomic E-state index is 0.0378. The second-order valence-corrected chi connectivity index (χ2v) is 9.38. The molecule has 3 rings (SSSR count). The molecule has 1 aliphatic heterocycles. The fraction of sp³-hybridized carbons (Fsp3) is 0.450. The van der Waals surface area contributed by atoms with Gasteiger partial charge in [0, 0.05) is 19.2 Å². The smallest absolute Gasteiger partial charge is 0.233 e. The van der Waals surface area contributed by atoms with E-state index in [1.165, 1.54) is 17.0 Å². The predicted octanol–water partition coefficient (Wildman–Crippen LogP) is 1.61. The lowest BCUT2D eigenvalue weighted by Crippen LogP contribution is -2.36. The predicted molar refractivity (Wildman–Crippen MR) is 103 cm³/mol. The van der Waals surface area contributed by atoms with Crippen LogP contribution in [-0.4, -0.2) is 43.8 Å². The maximum Gasteiger partial charge on any atom is 0.233 e. The molecule has 0 saturated carbocycles. The summed E-state index contributed by atoms with van der Waals surface area (Å²) < 4.78 is 23.0. The van der Waals surface area contributed by atoms with E-state index >= 15 is 0 Å². The van der Waals surface area contributed by atoms with E-state index in [1.54, 1.807) is 19.1 Å². The summed E-state index contributed by atoms with van der Waals surface area (Å²) in [5.74, 6) is -1.21. The molecular formula is C20H24N2O5S. The van der Waals surface area contributed by atoms with Gasteiger partial charge in [-0.15, -0.1) is 0 Å². The lowest BCUT2D eigenvalue weighted by atomic mass is 9.85. The Morgan fingerprint density at radius 2 is 1.64 bits per heavy atom. The van der Waals surface area contributed by atoms with E-state index in [0.717, 1.165) is 11.8 Å². The molecule has 1 fully saturated rings. The van der Waals surface area contributed by atoms with Gasteiger partial charge in [0.05, 0.1) is 22.8 Å². The van der Waals surface area contributed by atoms with Crippen molar-refractivity contribution in [2.75, 3.05) is 12.8 Å². The highest BCUT2D eigenvalue weighted by atomic mass is 32.2. The highest BCUT2D eigenvalue weighted by molar-refractivity contribution is 7.90. The topological polar surface area (TPSA) is 101 Å². The van der Waals surface area contributed by atoms with E-state index in [4.69, 9.17) is 0 Å². The number of likely N-dealkylation sites (tertiary alicyclic amines) is 1. The number of imide groups is 1. The van der Waals surface area contributed by atoms with Gasteiger partial charge >= 0.3 is 0 Å². The number of carbonyl (C=O) groups is 3. The van der Waals surface area contributed by atoms with Gasteiger partial charge in [0.2, 0.25) is 17.7 Å². The number of fused-ring (bicyclic) bond motifs is 1. The van der Waals surface area contributed by atoms with Crippen molar-refractivity contribution in [1.82, 2.24) is 10.2 Å². The molecule has 28 heavy (non-hydrogen) atoms. The Morgan fingerprint density at radius 1 is 1.11 bits per heavy atom. The third-order valence-corrected chi connectivity index (χ3v) is 6.48. The third kappa shape index (κ3) is 4.16. The second kappa shape index (κ2) is 7.87. The number of carbonyl (C=O) groups excluding carboxylic acids is 3. The van der Waals surface area contributed by atoms with Crippen LogP contribution in [0.1, 0.15) is 37.8 Å². The second-order valence-electron chi connectivity index (χ2n) is 7.36. The zero-order valence-electron chi connectivity index (χ0n) is 15.9. The maximum absolute atomic E-state index is 12.4. The van der Waals surface area contributed by atoms with Crippen molar-refractivity contribution in [1.29, 1.82) is 0 Å². The molecule has 1 N–H and O–H groups in total. The van der Waals surface area contributed by atoms with Crippen molar-refractivity contribution in [2.45, 2.75) is 37.1 Å². The van der Waals surface area contributed by atoms with Crippen LogP contribution in [0.5, 0.6) is 0 Å². The first-order valence-corrected chi connectivity index (χ1v) is 11.2. The largest absolute Gasteiger partial charge is 0.350 e. The number of hydrogen-bond acceptors (Lipinski definition) is 5. The molecule has 0 radical (unpaired) electrons. The molecule has 0 aromatic heterocycles. The van der Waals surface area contributed by atoms with Crippen LogP contribution in [0.3, 0.4) is 0 Å². The minimum Gasteiger partial charge on any atom is -0.350 e. The standard InChI is InChI=1S/C20H24N2O5S/c1-13(14-7-9-15(10-8-14)28(2,26)27)21-18(23)11-12-22-19(24)16-5-3-4-6-17(16)20(22)25/h3-4,7-10,13,16-17H,5-6,11-12H2,1-2H3,(H,21,23). The van der Waals surface area contributed by atoms with Crippen molar-refractivity contribution in [3.05, 3.63) is 42.0 Å². The zero-order valence-corrected chi connectivity index (χ0v) is 16.7. The molecule has 8 heteroatoms. The van der Waals surface area contributed by atoms with Crippen LogP contribution in [0.4, 0.5) is 0 Å². The maximum atomic E-state index is 12.4. The van der Waals surface area contributed by atoms with E-state index in [0.29, 0.717) is 12.8 Å². The zero-order chi connectivity index (χ0) is 20.5. The van der Waals surface area contributed by atoms with E-state index < -0.39 is 9.84 Å². The normalized spacial score (nSPS) is 22.9. The van der Waals surface area contributed by atoms with Crippen molar-refractivity contribution in [3.8, 4) is 0 Å². The number of rotatable bonds is 6. The Hall–Kier alpha value is -2.48. The monoisotopic (exact) mass is 404 g/mol. The fourth-order valence-corrected chi connectivity index (χ4v) is 4.33. The van der Waals surface area contributed by atoms with Gasteiger partial charge in [0.15, 0.2) is 9.84 Å². The first-order chi connectivity index (χ1) is 13.2.